The van der Waals surface area contributed by atoms with Crippen molar-refractivity contribution >= 4 is 23.4 Å². The molecule has 0 aliphatic rings. The molecule has 0 spiro atoms. The van der Waals surface area contributed by atoms with E-state index in [0.717, 1.165) is 0 Å². The summed E-state index contributed by atoms with van der Waals surface area (Å²) in [6.45, 7) is 0. The fourth-order valence-electron chi connectivity index (χ4n) is 1.40. The molecule has 86 valence electrons. The molecule has 0 radical (unpaired) electrons. The molecule has 1 aromatic carbocycles. The molecule has 1 heterocycles. The number of Topliss-reactive ketones (excluding diaryl/α,β-unsaturated/α-hetero) is 1. The summed E-state index contributed by atoms with van der Waals surface area (Å²) in [6.07, 6.45) is 1.24. The third-order valence-corrected chi connectivity index (χ3v) is 2.41. The first-order chi connectivity index (χ1) is 8.11. The zero-order valence-electron chi connectivity index (χ0n) is 8.50. The Labute approximate surface area is 101 Å². The van der Waals surface area contributed by atoms with E-state index in [4.69, 9.17) is 16.7 Å². The quantitative estimate of drug-likeness (QED) is 0.666. The molecule has 0 saturated carbocycles. The molecule has 0 atom stereocenters. The van der Waals surface area contributed by atoms with Gasteiger partial charge in [0.15, 0.2) is 0 Å². The number of nitrogens with zero attached hydrogens (tertiary/aromatic N) is 2. The molecule has 0 aliphatic carbocycles. The molecular formula is C11H7ClN2O3. The van der Waals surface area contributed by atoms with Crippen molar-refractivity contribution in [2.75, 3.05) is 0 Å². The molecule has 0 fully saturated rings. The van der Waals surface area contributed by atoms with E-state index in [0.29, 0.717) is 5.69 Å². The van der Waals surface area contributed by atoms with Crippen molar-refractivity contribution < 1.29 is 14.7 Å². The number of rotatable bonds is 3. The van der Waals surface area contributed by atoms with E-state index in [2.05, 4.69) is 5.10 Å². The predicted octanol–water partition coefficient (Wildman–Crippen LogP) is 1.79. The zero-order valence-corrected chi connectivity index (χ0v) is 9.26. The number of aliphatic carboxylic acids is 1. The second-order valence-corrected chi connectivity index (χ2v) is 3.63. The number of hydrogen-bond acceptors (Lipinski definition) is 3. The summed E-state index contributed by atoms with van der Waals surface area (Å²) in [6, 6.07) is 8.69. The van der Waals surface area contributed by atoms with Gasteiger partial charge in [0.2, 0.25) is 0 Å². The monoisotopic (exact) mass is 250 g/mol. The summed E-state index contributed by atoms with van der Waals surface area (Å²) in [5.74, 6) is -2.65. The van der Waals surface area contributed by atoms with Crippen molar-refractivity contribution in [3.05, 3.63) is 47.2 Å². The number of benzene rings is 1. The van der Waals surface area contributed by atoms with E-state index in [1.165, 1.54) is 10.9 Å². The van der Waals surface area contributed by atoms with Crippen LogP contribution in [0.5, 0.6) is 0 Å². The lowest BCUT2D eigenvalue weighted by molar-refractivity contribution is -0.131. The number of carbonyl (C=O) groups is 2. The minimum atomic E-state index is -1.57. The van der Waals surface area contributed by atoms with Crippen LogP contribution in [0.2, 0.25) is 5.02 Å². The van der Waals surface area contributed by atoms with Crippen LogP contribution < -0.4 is 0 Å². The maximum Gasteiger partial charge on any atom is 0.378 e. The van der Waals surface area contributed by atoms with Crippen LogP contribution in [-0.2, 0) is 4.79 Å². The van der Waals surface area contributed by atoms with Crippen LogP contribution in [0.15, 0.2) is 36.5 Å². The normalized spacial score (nSPS) is 10.2. The lowest BCUT2D eigenvalue weighted by Gasteiger charge is -2.04. The van der Waals surface area contributed by atoms with Crippen molar-refractivity contribution in [3.8, 4) is 5.69 Å². The highest BCUT2D eigenvalue weighted by Gasteiger charge is 2.24. The Bertz CT molecular complexity index is 578. The number of carboxylic acids is 1. The number of halogens is 1. The highest BCUT2D eigenvalue weighted by molar-refractivity contribution is 6.44. The second-order valence-electron chi connectivity index (χ2n) is 3.22. The van der Waals surface area contributed by atoms with E-state index in [1.54, 1.807) is 30.3 Å². The van der Waals surface area contributed by atoms with Gasteiger partial charge in [-0.3, -0.25) is 4.79 Å². The lowest BCUT2D eigenvalue weighted by Crippen LogP contribution is -2.17. The Kier molecular flexibility index (Phi) is 2.93. The summed E-state index contributed by atoms with van der Waals surface area (Å²) in [4.78, 5) is 22.2. The van der Waals surface area contributed by atoms with E-state index in [-0.39, 0.29) is 10.7 Å². The first kappa shape index (κ1) is 11.3. The first-order valence-electron chi connectivity index (χ1n) is 4.68. The third kappa shape index (κ3) is 2.05. The molecule has 1 aromatic heterocycles. The van der Waals surface area contributed by atoms with Gasteiger partial charge in [-0.2, -0.15) is 5.10 Å². The van der Waals surface area contributed by atoms with Crippen molar-refractivity contribution in [2.24, 2.45) is 0 Å². The highest BCUT2D eigenvalue weighted by atomic mass is 35.5. The van der Waals surface area contributed by atoms with Gasteiger partial charge in [0.25, 0.3) is 5.78 Å². The summed E-state index contributed by atoms with van der Waals surface area (Å²) >= 11 is 5.77. The molecule has 0 saturated heterocycles. The van der Waals surface area contributed by atoms with Gasteiger partial charge >= 0.3 is 5.97 Å². The molecule has 0 aliphatic heterocycles. The smallest absolute Gasteiger partial charge is 0.378 e. The van der Waals surface area contributed by atoms with E-state index in [9.17, 15) is 9.59 Å². The van der Waals surface area contributed by atoms with Crippen LogP contribution in [-0.4, -0.2) is 26.6 Å². The fraction of sp³-hybridized carbons (Fsp3) is 0. The van der Waals surface area contributed by atoms with Crippen molar-refractivity contribution in [2.45, 2.75) is 0 Å². The minimum Gasteiger partial charge on any atom is -0.475 e. The predicted molar refractivity (Wildman–Crippen MR) is 60.5 cm³/mol. The van der Waals surface area contributed by atoms with Gasteiger partial charge in [-0.05, 0) is 12.1 Å². The standard InChI is InChI=1S/C11H7ClN2O3/c12-8-6-13-14(7-4-2-1-3-5-7)9(8)10(15)11(16)17/h1-6H,(H,16,17). The fourth-order valence-corrected chi connectivity index (χ4v) is 1.61. The number of ketones is 1. The van der Waals surface area contributed by atoms with E-state index >= 15 is 0 Å². The number of para-hydroxylation sites is 1. The van der Waals surface area contributed by atoms with Gasteiger partial charge in [0.1, 0.15) is 5.69 Å². The van der Waals surface area contributed by atoms with Crippen molar-refractivity contribution in [1.82, 2.24) is 9.78 Å². The van der Waals surface area contributed by atoms with Crippen molar-refractivity contribution in [1.29, 1.82) is 0 Å². The summed E-state index contributed by atoms with van der Waals surface area (Å²) in [5, 5.41) is 12.6. The summed E-state index contributed by atoms with van der Waals surface area (Å²) < 4.78 is 1.21. The number of hydrogen-bond donors (Lipinski definition) is 1. The average molecular weight is 251 g/mol. The van der Waals surface area contributed by atoms with Crippen LogP contribution in [0, 0.1) is 0 Å². The Hall–Kier alpha value is -2.14. The minimum absolute atomic E-state index is 0.0150. The zero-order chi connectivity index (χ0) is 12.4. The number of aromatic nitrogens is 2. The van der Waals surface area contributed by atoms with Gasteiger partial charge in [0, 0.05) is 0 Å². The second kappa shape index (κ2) is 4.39. The maximum atomic E-state index is 11.5. The van der Waals surface area contributed by atoms with Gasteiger partial charge in [-0.15, -0.1) is 0 Å². The summed E-state index contributed by atoms with van der Waals surface area (Å²) in [5.41, 5.74) is 0.425. The highest BCUT2D eigenvalue weighted by Crippen LogP contribution is 2.19. The van der Waals surface area contributed by atoms with Crippen LogP contribution in [0.4, 0.5) is 0 Å². The SMILES string of the molecule is O=C(O)C(=O)c1c(Cl)cnn1-c1ccccc1. The van der Waals surface area contributed by atoms with E-state index < -0.39 is 11.8 Å². The van der Waals surface area contributed by atoms with Gasteiger partial charge in [-0.1, -0.05) is 29.8 Å². The molecule has 17 heavy (non-hydrogen) atoms. The molecule has 0 bridgehead atoms. The average Bonchev–Trinajstić information content (AvgIpc) is 2.71. The molecule has 1 N–H and O–H groups in total. The van der Waals surface area contributed by atoms with Crippen LogP contribution in [0.25, 0.3) is 5.69 Å². The Balaban J connectivity index is 2.58. The van der Waals surface area contributed by atoms with Gasteiger partial charge in [-0.25, -0.2) is 9.48 Å². The van der Waals surface area contributed by atoms with Crippen molar-refractivity contribution in [3.63, 3.8) is 0 Å². The maximum absolute atomic E-state index is 11.5. The van der Waals surface area contributed by atoms with Crippen LogP contribution in [0.3, 0.4) is 0 Å². The number of carbonyl (C=O) groups excluding carboxylic acids is 1. The number of carboxylic acid groups (broad SMARTS) is 1. The largest absolute Gasteiger partial charge is 0.475 e. The van der Waals surface area contributed by atoms with Crippen LogP contribution >= 0.6 is 11.6 Å². The topological polar surface area (TPSA) is 72.2 Å². The molecule has 0 amide bonds. The molecule has 0 unspecified atom stereocenters. The Morgan fingerprint density at radius 1 is 1.24 bits per heavy atom. The molecule has 2 rings (SSSR count). The first-order valence-corrected chi connectivity index (χ1v) is 5.05. The van der Waals surface area contributed by atoms with E-state index in [1.807, 2.05) is 0 Å². The Morgan fingerprint density at radius 2 is 1.88 bits per heavy atom. The Morgan fingerprint density at radius 3 is 2.47 bits per heavy atom. The lowest BCUT2D eigenvalue weighted by atomic mass is 10.2. The van der Waals surface area contributed by atoms with Crippen LogP contribution in [0.1, 0.15) is 10.5 Å². The molecule has 5 nitrogen and oxygen atoms in total. The molecule has 2 aromatic rings. The molecular weight excluding hydrogens is 244 g/mol. The van der Waals surface area contributed by atoms with Gasteiger partial charge < -0.3 is 5.11 Å². The third-order valence-electron chi connectivity index (χ3n) is 2.13. The van der Waals surface area contributed by atoms with Gasteiger partial charge in [0.05, 0.1) is 16.9 Å². The molecule has 6 heteroatoms. The summed E-state index contributed by atoms with van der Waals surface area (Å²) in [7, 11) is 0.